The van der Waals surface area contributed by atoms with Gasteiger partial charge in [-0.2, -0.15) is 0 Å². The number of nitrogens with one attached hydrogen (secondary N) is 1. The topological polar surface area (TPSA) is 74.8 Å². The van der Waals surface area contributed by atoms with Crippen LogP contribution >= 0.6 is 11.3 Å². The van der Waals surface area contributed by atoms with E-state index in [0.29, 0.717) is 52.3 Å². The van der Waals surface area contributed by atoms with Crippen LogP contribution in [-0.4, -0.2) is 79.6 Å². The van der Waals surface area contributed by atoms with Gasteiger partial charge in [-0.15, -0.1) is 11.3 Å². The zero-order valence-electron chi connectivity index (χ0n) is 17.0. The molecule has 0 atom stereocenters. The van der Waals surface area contributed by atoms with Gasteiger partial charge in [-0.05, 0) is 12.5 Å². The Morgan fingerprint density at radius 1 is 1.17 bits per heavy atom. The maximum absolute atomic E-state index is 12.6. The number of aryl methyl sites for hydroxylation is 1. The molecule has 0 bridgehead atoms. The number of ether oxygens (including phenoxy) is 1. The Hall–Kier alpha value is -2.29. The highest BCUT2D eigenvalue weighted by atomic mass is 32.1. The molecule has 0 spiro atoms. The standard InChI is InChI=1S/C21H28N4O3S/c1-16-23-19(15-29-16)18-5-3-17(4-6-18)13-21(27)25-10-8-24(9-11-25)14-20(26)22-7-12-28-2/h3-6,15H,7-14H2,1-2H3,(H,22,26). The molecule has 2 heterocycles. The van der Waals surface area contributed by atoms with Crippen LogP contribution < -0.4 is 5.32 Å². The molecule has 1 aromatic heterocycles. The lowest BCUT2D eigenvalue weighted by atomic mass is 10.1. The number of benzene rings is 1. The number of amides is 2. The number of aromatic nitrogens is 1. The summed E-state index contributed by atoms with van der Waals surface area (Å²) in [6.07, 6.45) is 0.397. The van der Waals surface area contributed by atoms with Crippen LogP contribution in [0.1, 0.15) is 10.6 Å². The first-order chi connectivity index (χ1) is 14.0. The zero-order chi connectivity index (χ0) is 20.6. The van der Waals surface area contributed by atoms with Gasteiger partial charge in [0.25, 0.3) is 0 Å². The summed E-state index contributed by atoms with van der Waals surface area (Å²) in [5, 5.41) is 5.92. The number of piperazine rings is 1. The van der Waals surface area contributed by atoms with Gasteiger partial charge in [-0.25, -0.2) is 4.98 Å². The molecule has 0 aliphatic carbocycles. The number of rotatable bonds is 8. The lowest BCUT2D eigenvalue weighted by molar-refractivity contribution is -0.132. The van der Waals surface area contributed by atoms with Crippen LogP contribution in [0.5, 0.6) is 0 Å². The molecule has 0 saturated carbocycles. The van der Waals surface area contributed by atoms with E-state index in [1.165, 1.54) is 0 Å². The van der Waals surface area contributed by atoms with Gasteiger partial charge in [0.2, 0.25) is 11.8 Å². The van der Waals surface area contributed by atoms with Gasteiger partial charge in [0.1, 0.15) is 0 Å². The molecule has 1 aromatic carbocycles. The average molecular weight is 417 g/mol. The van der Waals surface area contributed by atoms with Crippen LogP contribution in [0.2, 0.25) is 0 Å². The van der Waals surface area contributed by atoms with Gasteiger partial charge >= 0.3 is 0 Å². The van der Waals surface area contributed by atoms with Crippen molar-refractivity contribution in [3.8, 4) is 11.3 Å². The first kappa shape index (κ1) is 21.4. The smallest absolute Gasteiger partial charge is 0.234 e. The van der Waals surface area contributed by atoms with Gasteiger partial charge in [-0.3, -0.25) is 14.5 Å². The Bertz CT molecular complexity index is 814. The first-order valence-corrected chi connectivity index (χ1v) is 10.7. The number of hydrogen-bond donors (Lipinski definition) is 1. The summed E-state index contributed by atoms with van der Waals surface area (Å²) in [7, 11) is 1.61. The van der Waals surface area contributed by atoms with Gasteiger partial charge in [0, 0.05) is 50.8 Å². The predicted octanol–water partition coefficient (Wildman–Crippen LogP) is 1.57. The Morgan fingerprint density at radius 3 is 2.52 bits per heavy atom. The van der Waals surface area contributed by atoms with Crippen molar-refractivity contribution >= 4 is 23.2 Å². The minimum atomic E-state index is -0.00257. The van der Waals surface area contributed by atoms with Crippen LogP contribution in [0.4, 0.5) is 0 Å². The van der Waals surface area contributed by atoms with Crippen molar-refractivity contribution < 1.29 is 14.3 Å². The normalized spacial score (nSPS) is 14.8. The minimum Gasteiger partial charge on any atom is -0.383 e. The monoisotopic (exact) mass is 416 g/mol. The molecule has 3 rings (SSSR count). The van der Waals surface area contributed by atoms with E-state index in [2.05, 4.69) is 15.2 Å². The third-order valence-electron chi connectivity index (χ3n) is 4.94. The Morgan fingerprint density at radius 2 is 1.90 bits per heavy atom. The van der Waals surface area contributed by atoms with Gasteiger partial charge in [-0.1, -0.05) is 24.3 Å². The summed E-state index contributed by atoms with van der Waals surface area (Å²) in [6.45, 7) is 6.13. The number of carbonyl (C=O) groups excluding carboxylic acids is 2. The highest BCUT2D eigenvalue weighted by molar-refractivity contribution is 7.09. The SMILES string of the molecule is COCCNC(=O)CN1CCN(C(=O)Cc2ccc(-c3csc(C)n3)cc2)CC1. The van der Waals surface area contributed by atoms with Crippen molar-refractivity contribution in [3.63, 3.8) is 0 Å². The number of thiazole rings is 1. The highest BCUT2D eigenvalue weighted by Crippen LogP contribution is 2.22. The van der Waals surface area contributed by atoms with E-state index in [9.17, 15) is 9.59 Å². The molecule has 0 unspecified atom stereocenters. The molecule has 7 nitrogen and oxygen atoms in total. The number of nitrogens with zero attached hydrogens (tertiary/aromatic N) is 3. The molecule has 1 fully saturated rings. The summed E-state index contributed by atoms with van der Waals surface area (Å²) in [6, 6.07) is 8.06. The lowest BCUT2D eigenvalue weighted by Crippen LogP contribution is -2.51. The highest BCUT2D eigenvalue weighted by Gasteiger charge is 2.22. The average Bonchev–Trinajstić information content (AvgIpc) is 3.15. The Kier molecular flexibility index (Phi) is 7.74. The van der Waals surface area contributed by atoms with Crippen molar-refractivity contribution in [2.45, 2.75) is 13.3 Å². The van der Waals surface area contributed by atoms with Gasteiger partial charge in [0.05, 0.1) is 30.3 Å². The first-order valence-electron chi connectivity index (χ1n) is 9.82. The molecule has 2 aromatic rings. The van der Waals surface area contributed by atoms with E-state index in [0.717, 1.165) is 21.8 Å². The van der Waals surface area contributed by atoms with Crippen molar-refractivity contribution in [1.82, 2.24) is 20.1 Å². The Balaban J connectivity index is 1.43. The van der Waals surface area contributed by atoms with E-state index in [4.69, 9.17) is 4.74 Å². The van der Waals surface area contributed by atoms with Gasteiger partial charge in [0.15, 0.2) is 0 Å². The van der Waals surface area contributed by atoms with Crippen molar-refractivity contribution in [2.24, 2.45) is 0 Å². The van der Waals surface area contributed by atoms with E-state index in [1.807, 2.05) is 41.5 Å². The minimum absolute atomic E-state index is 0.00257. The van der Waals surface area contributed by atoms with Crippen LogP contribution in [0.25, 0.3) is 11.3 Å². The third kappa shape index (κ3) is 6.35. The van der Waals surface area contributed by atoms with Crippen LogP contribution in [0.15, 0.2) is 29.6 Å². The number of methoxy groups -OCH3 is 1. The molecule has 29 heavy (non-hydrogen) atoms. The van der Waals surface area contributed by atoms with Crippen LogP contribution in [0.3, 0.4) is 0 Å². The molecular weight excluding hydrogens is 388 g/mol. The molecule has 156 valence electrons. The lowest BCUT2D eigenvalue weighted by Gasteiger charge is -2.34. The maximum atomic E-state index is 12.6. The second-order valence-corrected chi connectivity index (χ2v) is 8.19. The van der Waals surface area contributed by atoms with E-state index in [1.54, 1.807) is 18.4 Å². The summed E-state index contributed by atoms with van der Waals surface area (Å²) in [5.41, 5.74) is 3.06. The summed E-state index contributed by atoms with van der Waals surface area (Å²) in [5.74, 6) is 0.128. The second kappa shape index (κ2) is 10.5. The fraction of sp³-hybridized carbons (Fsp3) is 0.476. The molecular formula is C21H28N4O3S. The third-order valence-corrected chi connectivity index (χ3v) is 5.72. The summed E-state index contributed by atoms with van der Waals surface area (Å²) in [4.78, 5) is 33.0. The molecule has 0 radical (unpaired) electrons. The molecule has 1 aliphatic heterocycles. The second-order valence-electron chi connectivity index (χ2n) is 7.13. The summed E-state index contributed by atoms with van der Waals surface area (Å²) < 4.78 is 4.93. The van der Waals surface area contributed by atoms with E-state index < -0.39 is 0 Å². The molecule has 1 N–H and O–H groups in total. The molecule has 1 saturated heterocycles. The molecule has 1 aliphatic rings. The molecule has 2 amide bonds. The Labute approximate surface area is 175 Å². The van der Waals surface area contributed by atoms with Crippen molar-refractivity contribution in [3.05, 3.63) is 40.2 Å². The van der Waals surface area contributed by atoms with Crippen LogP contribution in [0, 0.1) is 6.92 Å². The van der Waals surface area contributed by atoms with E-state index in [-0.39, 0.29) is 11.8 Å². The zero-order valence-corrected chi connectivity index (χ0v) is 17.8. The fourth-order valence-electron chi connectivity index (χ4n) is 3.28. The van der Waals surface area contributed by atoms with Crippen LogP contribution in [-0.2, 0) is 20.7 Å². The van der Waals surface area contributed by atoms with E-state index >= 15 is 0 Å². The van der Waals surface area contributed by atoms with Gasteiger partial charge < -0.3 is 15.0 Å². The van der Waals surface area contributed by atoms with Crippen molar-refractivity contribution in [1.29, 1.82) is 0 Å². The number of carbonyl (C=O) groups is 2. The molecule has 8 heteroatoms. The fourth-order valence-corrected chi connectivity index (χ4v) is 3.90. The number of hydrogen-bond acceptors (Lipinski definition) is 6. The quantitative estimate of drug-likeness (QED) is 0.661. The largest absolute Gasteiger partial charge is 0.383 e. The predicted molar refractivity (Wildman–Crippen MR) is 114 cm³/mol. The summed E-state index contributed by atoms with van der Waals surface area (Å²) >= 11 is 1.63. The van der Waals surface area contributed by atoms with Crippen molar-refractivity contribution in [2.75, 3.05) is 53.0 Å². The maximum Gasteiger partial charge on any atom is 0.234 e.